The molecule has 0 amide bonds. The number of rotatable bonds is 5. The summed E-state index contributed by atoms with van der Waals surface area (Å²) in [5.74, 6) is 0.818. The Morgan fingerprint density at radius 2 is 1.81 bits per heavy atom. The molecule has 6 nitrogen and oxygen atoms in total. The van der Waals surface area contributed by atoms with Crippen LogP contribution in [0.4, 0.5) is 17.1 Å². The molecular weight excluding hydrogens is 336 g/mol. The molecule has 2 aromatic carbocycles. The Morgan fingerprint density at radius 3 is 2.56 bits per heavy atom. The van der Waals surface area contributed by atoms with Gasteiger partial charge in [-0.1, -0.05) is 13.3 Å². The molecule has 4 rings (SSSR count). The number of fused-ring (bicyclic) bond motifs is 1. The molecule has 5 N–H and O–H groups in total. The number of nitrogens with one attached hydrogen (secondary N) is 1. The topological polar surface area (TPSA) is 87.2 Å². The van der Waals surface area contributed by atoms with E-state index in [1.165, 1.54) is 25.1 Å². The molecule has 0 saturated carbocycles. The average Bonchev–Trinajstić information content (AvgIpc) is 3.12. The van der Waals surface area contributed by atoms with Gasteiger partial charge in [-0.2, -0.15) is 0 Å². The van der Waals surface area contributed by atoms with E-state index in [2.05, 4.69) is 39.9 Å². The lowest BCUT2D eigenvalue weighted by Crippen LogP contribution is -2.46. The maximum Gasteiger partial charge on any atom is 0.138 e. The van der Waals surface area contributed by atoms with E-state index in [0.717, 1.165) is 48.6 Å². The number of nitrogen functional groups attached to an aromatic ring is 2. The standard InChI is InChI=1S/C21H28N6/c1-2-3-8-26-9-11-27(12-10-26)16-5-7-19-20(14-16)25-21(24-19)15-4-6-17(22)18(23)13-15/h4-7,13-14H,2-3,8-12,22-23H2,1H3,(H,24,25). The molecule has 6 heteroatoms. The number of unbranched alkanes of at least 4 members (excludes halogenated alkanes) is 1. The molecule has 27 heavy (non-hydrogen) atoms. The molecule has 0 spiro atoms. The molecule has 142 valence electrons. The lowest BCUT2D eigenvalue weighted by Gasteiger charge is -2.36. The van der Waals surface area contributed by atoms with Crippen LogP contribution in [0.3, 0.4) is 0 Å². The fourth-order valence-corrected chi connectivity index (χ4v) is 3.66. The number of aromatic amines is 1. The summed E-state index contributed by atoms with van der Waals surface area (Å²) in [6.07, 6.45) is 2.55. The van der Waals surface area contributed by atoms with Crippen LogP contribution < -0.4 is 16.4 Å². The van der Waals surface area contributed by atoms with Gasteiger partial charge in [0.2, 0.25) is 0 Å². The van der Waals surface area contributed by atoms with Crippen molar-refractivity contribution >= 4 is 28.1 Å². The van der Waals surface area contributed by atoms with Crippen molar-refractivity contribution < 1.29 is 0 Å². The fraction of sp³-hybridized carbons (Fsp3) is 0.381. The zero-order valence-electron chi connectivity index (χ0n) is 15.9. The summed E-state index contributed by atoms with van der Waals surface area (Å²) in [6, 6.07) is 12.1. The third kappa shape index (κ3) is 3.71. The van der Waals surface area contributed by atoms with E-state index >= 15 is 0 Å². The number of aromatic nitrogens is 2. The van der Waals surface area contributed by atoms with Crippen LogP contribution in [-0.4, -0.2) is 47.6 Å². The first-order chi connectivity index (χ1) is 13.1. The van der Waals surface area contributed by atoms with Crippen molar-refractivity contribution in [3.05, 3.63) is 36.4 Å². The van der Waals surface area contributed by atoms with Gasteiger partial charge in [-0.15, -0.1) is 0 Å². The van der Waals surface area contributed by atoms with Gasteiger partial charge in [0, 0.05) is 37.4 Å². The molecule has 3 aromatic rings. The third-order valence-corrected chi connectivity index (χ3v) is 5.39. The SMILES string of the molecule is CCCCN1CCN(c2ccc3nc(-c4ccc(N)c(N)c4)[nH]c3c2)CC1. The van der Waals surface area contributed by atoms with E-state index in [4.69, 9.17) is 16.5 Å². The van der Waals surface area contributed by atoms with Crippen LogP contribution in [-0.2, 0) is 0 Å². The third-order valence-electron chi connectivity index (χ3n) is 5.39. The van der Waals surface area contributed by atoms with E-state index in [1.54, 1.807) is 0 Å². The zero-order chi connectivity index (χ0) is 18.8. The van der Waals surface area contributed by atoms with Crippen LogP contribution >= 0.6 is 0 Å². The Bertz CT molecular complexity index is 924. The molecule has 1 saturated heterocycles. The van der Waals surface area contributed by atoms with Gasteiger partial charge < -0.3 is 21.4 Å². The van der Waals surface area contributed by atoms with Crippen molar-refractivity contribution in [3.63, 3.8) is 0 Å². The van der Waals surface area contributed by atoms with E-state index in [1.807, 2.05) is 18.2 Å². The summed E-state index contributed by atoms with van der Waals surface area (Å²) >= 11 is 0. The first kappa shape index (κ1) is 17.7. The maximum atomic E-state index is 5.94. The summed E-state index contributed by atoms with van der Waals surface area (Å²) in [5.41, 5.74) is 17.1. The highest BCUT2D eigenvalue weighted by molar-refractivity contribution is 5.84. The minimum absolute atomic E-state index is 0.578. The number of nitrogens with two attached hydrogens (primary N) is 2. The van der Waals surface area contributed by atoms with Gasteiger partial charge in [0.15, 0.2) is 0 Å². The van der Waals surface area contributed by atoms with Gasteiger partial charge in [0.05, 0.1) is 22.4 Å². The summed E-state index contributed by atoms with van der Waals surface area (Å²) in [4.78, 5) is 13.2. The molecule has 0 atom stereocenters. The smallest absolute Gasteiger partial charge is 0.138 e. The van der Waals surface area contributed by atoms with Crippen molar-refractivity contribution in [2.24, 2.45) is 0 Å². The van der Waals surface area contributed by atoms with Crippen LogP contribution in [0.1, 0.15) is 19.8 Å². The molecule has 0 unspecified atom stereocenters. The maximum absolute atomic E-state index is 5.94. The van der Waals surface area contributed by atoms with Crippen LogP contribution in [0.2, 0.25) is 0 Å². The van der Waals surface area contributed by atoms with Crippen LogP contribution in [0.25, 0.3) is 22.4 Å². The average molecular weight is 364 g/mol. The van der Waals surface area contributed by atoms with Gasteiger partial charge in [0.25, 0.3) is 0 Å². The van der Waals surface area contributed by atoms with Crippen LogP contribution in [0, 0.1) is 0 Å². The number of benzene rings is 2. The Morgan fingerprint density at radius 1 is 1.00 bits per heavy atom. The van der Waals surface area contributed by atoms with E-state index in [0.29, 0.717) is 11.4 Å². The molecule has 0 aliphatic carbocycles. The Labute approximate surface area is 160 Å². The van der Waals surface area contributed by atoms with Crippen LogP contribution in [0.5, 0.6) is 0 Å². The van der Waals surface area contributed by atoms with E-state index in [9.17, 15) is 0 Å². The monoisotopic (exact) mass is 364 g/mol. The predicted molar refractivity (Wildman–Crippen MR) is 114 cm³/mol. The zero-order valence-corrected chi connectivity index (χ0v) is 15.9. The van der Waals surface area contributed by atoms with E-state index in [-0.39, 0.29) is 0 Å². The number of anilines is 3. The first-order valence-electron chi connectivity index (χ1n) is 9.76. The Hall–Kier alpha value is -2.73. The van der Waals surface area contributed by atoms with Gasteiger partial charge in [-0.05, 0) is 49.4 Å². The van der Waals surface area contributed by atoms with Crippen molar-refractivity contribution in [1.29, 1.82) is 0 Å². The molecule has 1 aromatic heterocycles. The molecule has 1 aliphatic rings. The number of imidazole rings is 1. The molecule has 0 radical (unpaired) electrons. The van der Waals surface area contributed by atoms with Gasteiger partial charge in [-0.25, -0.2) is 4.98 Å². The summed E-state index contributed by atoms with van der Waals surface area (Å²) < 4.78 is 0. The number of nitrogens with zero attached hydrogens (tertiary/aromatic N) is 3. The quantitative estimate of drug-likeness (QED) is 0.605. The Balaban J connectivity index is 1.52. The van der Waals surface area contributed by atoms with E-state index < -0.39 is 0 Å². The van der Waals surface area contributed by atoms with Crippen molar-refractivity contribution in [2.45, 2.75) is 19.8 Å². The summed E-state index contributed by atoms with van der Waals surface area (Å²) in [7, 11) is 0. The van der Waals surface area contributed by atoms with Gasteiger partial charge in [-0.3, -0.25) is 4.90 Å². The number of piperazine rings is 1. The highest BCUT2D eigenvalue weighted by Gasteiger charge is 2.17. The second kappa shape index (κ2) is 7.48. The largest absolute Gasteiger partial charge is 0.397 e. The molecule has 1 aliphatic heterocycles. The highest BCUT2D eigenvalue weighted by atomic mass is 15.3. The Kier molecular flexibility index (Phi) is 4.90. The number of hydrogen-bond acceptors (Lipinski definition) is 5. The predicted octanol–water partition coefficient (Wildman–Crippen LogP) is 3.32. The molecular formula is C21H28N6. The van der Waals surface area contributed by atoms with Gasteiger partial charge in [0.1, 0.15) is 5.82 Å². The first-order valence-corrected chi connectivity index (χ1v) is 9.76. The second-order valence-corrected chi connectivity index (χ2v) is 7.31. The summed E-state index contributed by atoms with van der Waals surface area (Å²) in [5, 5.41) is 0. The number of H-pyrrole nitrogens is 1. The lowest BCUT2D eigenvalue weighted by atomic mass is 10.1. The summed E-state index contributed by atoms with van der Waals surface area (Å²) in [6.45, 7) is 7.89. The van der Waals surface area contributed by atoms with Gasteiger partial charge >= 0.3 is 0 Å². The highest BCUT2D eigenvalue weighted by Crippen LogP contribution is 2.27. The van der Waals surface area contributed by atoms with Crippen LogP contribution in [0.15, 0.2) is 36.4 Å². The number of hydrogen-bond donors (Lipinski definition) is 3. The van der Waals surface area contributed by atoms with Crippen molar-refractivity contribution in [1.82, 2.24) is 14.9 Å². The minimum atomic E-state index is 0.578. The van der Waals surface area contributed by atoms with Crippen molar-refractivity contribution in [3.8, 4) is 11.4 Å². The second-order valence-electron chi connectivity index (χ2n) is 7.31. The lowest BCUT2D eigenvalue weighted by molar-refractivity contribution is 0.254. The minimum Gasteiger partial charge on any atom is -0.397 e. The molecule has 1 fully saturated rings. The fourth-order valence-electron chi connectivity index (χ4n) is 3.66. The molecule has 2 heterocycles. The van der Waals surface area contributed by atoms with Crippen molar-refractivity contribution in [2.75, 3.05) is 49.1 Å². The normalized spacial score (nSPS) is 15.5. The molecule has 0 bridgehead atoms.